The molecule has 0 saturated heterocycles. The monoisotopic (exact) mass is 202 g/mol. The molecular weight excluding hydrogens is 184 g/mol. The van der Waals surface area contributed by atoms with Crippen LogP contribution >= 0.6 is 0 Å². The van der Waals surface area contributed by atoms with E-state index in [2.05, 4.69) is 47.3 Å². The number of nitrogens with one attached hydrogen (secondary N) is 1. The van der Waals surface area contributed by atoms with Gasteiger partial charge in [0.25, 0.3) is 0 Å². The molecule has 0 aliphatic carbocycles. The Hall–Kier alpha value is -1.28. The van der Waals surface area contributed by atoms with Crippen molar-refractivity contribution in [1.82, 2.24) is 9.88 Å². The van der Waals surface area contributed by atoms with Gasteiger partial charge in [-0.3, -0.25) is 0 Å². The van der Waals surface area contributed by atoms with Crippen molar-refractivity contribution in [3.8, 4) is 0 Å². The Balaban J connectivity index is 2.52. The minimum Gasteiger partial charge on any atom is -0.347 e. The van der Waals surface area contributed by atoms with Gasteiger partial charge in [0.2, 0.25) is 0 Å². The number of aromatic nitrogens is 1. The van der Waals surface area contributed by atoms with E-state index in [4.69, 9.17) is 0 Å². The molecule has 0 bridgehead atoms. The standard InChI is InChI=1S/C13H18N2/c1-3-8-15-10-11(9-14-2)12-6-4-5-7-13(12)15/h4-7,10,14H,3,8-9H2,1-2H3. The molecule has 0 unspecified atom stereocenters. The SMILES string of the molecule is CCCn1cc(CNC)c2ccccc21. The fourth-order valence-electron chi connectivity index (χ4n) is 2.08. The third kappa shape index (κ3) is 1.90. The lowest BCUT2D eigenvalue weighted by Gasteiger charge is -2.01. The quantitative estimate of drug-likeness (QED) is 0.806. The van der Waals surface area contributed by atoms with Gasteiger partial charge in [0, 0.05) is 30.2 Å². The number of rotatable bonds is 4. The molecule has 2 rings (SSSR count). The maximum atomic E-state index is 3.22. The minimum absolute atomic E-state index is 0.942. The van der Waals surface area contributed by atoms with Crippen molar-refractivity contribution in [2.75, 3.05) is 7.05 Å². The van der Waals surface area contributed by atoms with Crippen LogP contribution in [0, 0.1) is 0 Å². The molecule has 15 heavy (non-hydrogen) atoms. The summed E-state index contributed by atoms with van der Waals surface area (Å²) in [7, 11) is 1.99. The highest BCUT2D eigenvalue weighted by molar-refractivity contribution is 5.83. The molecule has 2 aromatic rings. The summed E-state index contributed by atoms with van der Waals surface area (Å²) in [4.78, 5) is 0. The van der Waals surface area contributed by atoms with Crippen LogP contribution in [0.3, 0.4) is 0 Å². The second kappa shape index (κ2) is 4.49. The molecule has 1 heterocycles. The first kappa shape index (κ1) is 10.2. The summed E-state index contributed by atoms with van der Waals surface area (Å²) < 4.78 is 2.35. The Morgan fingerprint density at radius 3 is 2.80 bits per heavy atom. The van der Waals surface area contributed by atoms with Crippen LogP contribution in [0.15, 0.2) is 30.5 Å². The van der Waals surface area contributed by atoms with Gasteiger partial charge in [-0.1, -0.05) is 25.1 Å². The normalized spacial score (nSPS) is 11.1. The molecule has 0 radical (unpaired) electrons. The Bertz CT molecular complexity index is 403. The molecule has 1 aromatic carbocycles. The van der Waals surface area contributed by atoms with Crippen LogP contribution in [0.2, 0.25) is 0 Å². The van der Waals surface area contributed by atoms with Gasteiger partial charge < -0.3 is 9.88 Å². The second-order valence-electron chi connectivity index (χ2n) is 3.90. The fourth-order valence-corrected chi connectivity index (χ4v) is 2.08. The molecule has 0 atom stereocenters. The predicted octanol–water partition coefficient (Wildman–Crippen LogP) is 2.77. The van der Waals surface area contributed by atoms with Crippen molar-refractivity contribution >= 4 is 10.9 Å². The predicted molar refractivity (Wildman–Crippen MR) is 65.0 cm³/mol. The van der Waals surface area contributed by atoms with Gasteiger partial charge in [0.1, 0.15) is 0 Å². The molecule has 0 amide bonds. The van der Waals surface area contributed by atoms with E-state index >= 15 is 0 Å². The number of benzene rings is 1. The Kier molecular flexibility index (Phi) is 3.07. The van der Waals surface area contributed by atoms with Gasteiger partial charge >= 0.3 is 0 Å². The molecule has 0 aliphatic heterocycles. The van der Waals surface area contributed by atoms with Crippen molar-refractivity contribution in [2.24, 2.45) is 0 Å². The number of para-hydroxylation sites is 1. The molecule has 2 heteroatoms. The Labute approximate surface area is 90.9 Å². The van der Waals surface area contributed by atoms with E-state index in [9.17, 15) is 0 Å². The molecule has 1 N–H and O–H groups in total. The number of hydrogen-bond donors (Lipinski definition) is 1. The molecule has 1 aromatic heterocycles. The first-order valence-electron chi connectivity index (χ1n) is 5.58. The zero-order chi connectivity index (χ0) is 10.7. The molecular formula is C13H18N2. The largest absolute Gasteiger partial charge is 0.347 e. The summed E-state index contributed by atoms with van der Waals surface area (Å²) in [5.74, 6) is 0. The smallest absolute Gasteiger partial charge is 0.0483 e. The lowest BCUT2D eigenvalue weighted by molar-refractivity contribution is 0.697. The lowest BCUT2D eigenvalue weighted by atomic mass is 10.2. The molecule has 0 saturated carbocycles. The van der Waals surface area contributed by atoms with E-state index in [1.165, 1.54) is 22.9 Å². The molecule has 80 valence electrons. The molecule has 2 nitrogen and oxygen atoms in total. The van der Waals surface area contributed by atoms with Crippen LogP contribution in [-0.2, 0) is 13.1 Å². The van der Waals surface area contributed by atoms with E-state index in [1.807, 2.05) is 7.05 Å². The highest BCUT2D eigenvalue weighted by atomic mass is 15.0. The van der Waals surface area contributed by atoms with Gasteiger partial charge in [-0.2, -0.15) is 0 Å². The Morgan fingerprint density at radius 2 is 2.07 bits per heavy atom. The number of aryl methyl sites for hydroxylation is 1. The van der Waals surface area contributed by atoms with Crippen molar-refractivity contribution in [2.45, 2.75) is 26.4 Å². The minimum atomic E-state index is 0.942. The highest BCUT2D eigenvalue weighted by Gasteiger charge is 2.05. The second-order valence-corrected chi connectivity index (χ2v) is 3.90. The van der Waals surface area contributed by atoms with E-state index < -0.39 is 0 Å². The average Bonchev–Trinajstić information content (AvgIpc) is 2.59. The van der Waals surface area contributed by atoms with Crippen LogP contribution in [0.25, 0.3) is 10.9 Å². The van der Waals surface area contributed by atoms with Crippen LogP contribution in [-0.4, -0.2) is 11.6 Å². The van der Waals surface area contributed by atoms with E-state index in [1.54, 1.807) is 0 Å². The molecule has 0 aliphatic rings. The van der Waals surface area contributed by atoms with Gasteiger partial charge in [-0.25, -0.2) is 0 Å². The average molecular weight is 202 g/mol. The van der Waals surface area contributed by atoms with Gasteiger partial charge in [-0.05, 0) is 25.1 Å². The van der Waals surface area contributed by atoms with Gasteiger partial charge in [-0.15, -0.1) is 0 Å². The summed E-state index contributed by atoms with van der Waals surface area (Å²) in [6.45, 7) is 4.26. The third-order valence-electron chi connectivity index (χ3n) is 2.70. The highest BCUT2D eigenvalue weighted by Crippen LogP contribution is 2.21. The summed E-state index contributed by atoms with van der Waals surface area (Å²) in [5, 5.41) is 4.59. The van der Waals surface area contributed by atoms with Gasteiger partial charge in [0.05, 0.1) is 0 Å². The Morgan fingerprint density at radius 1 is 1.27 bits per heavy atom. The zero-order valence-corrected chi connectivity index (χ0v) is 9.46. The van der Waals surface area contributed by atoms with Crippen LogP contribution in [0.5, 0.6) is 0 Å². The first-order chi connectivity index (χ1) is 7.36. The number of fused-ring (bicyclic) bond motifs is 1. The van der Waals surface area contributed by atoms with Crippen LogP contribution < -0.4 is 5.32 Å². The summed E-state index contributed by atoms with van der Waals surface area (Å²) >= 11 is 0. The van der Waals surface area contributed by atoms with Crippen molar-refractivity contribution in [1.29, 1.82) is 0 Å². The lowest BCUT2D eigenvalue weighted by Crippen LogP contribution is -2.04. The first-order valence-corrected chi connectivity index (χ1v) is 5.58. The molecule has 0 fully saturated rings. The van der Waals surface area contributed by atoms with Gasteiger partial charge in [0.15, 0.2) is 0 Å². The maximum Gasteiger partial charge on any atom is 0.0483 e. The number of hydrogen-bond acceptors (Lipinski definition) is 1. The maximum absolute atomic E-state index is 3.22. The van der Waals surface area contributed by atoms with Crippen molar-refractivity contribution in [3.05, 3.63) is 36.0 Å². The topological polar surface area (TPSA) is 17.0 Å². The molecule has 0 spiro atoms. The zero-order valence-electron chi connectivity index (χ0n) is 9.46. The van der Waals surface area contributed by atoms with Crippen LogP contribution in [0.1, 0.15) is 18.9 Å². The van der Waals surface area contributed by atoms with E-state index in [0.717, 1.165) is 13.1 Å². The van der Waals surface area contributed by atoms with Crippen molar-refractivity contribution in [3.63, 3.8) is 0 Å². The summed E-state index contributed by atoms with van der Waals surface area (Å²) in [6, 6.07) is 8.62. The van der Waals surface area contributed by atoms with E-state index in [0.29, 0.717) is 0 Å². The fraction of sp³-hybridized carbons (Fsp3) is 0.385. The van der Waals surface area contributed by atoms with E-state index in [-0.39, 0.29) is 0 Å². The summed E-state index contributed by atoms with van der Waals surface area (Å²) in [5.41, 5.74) is 2.74. The third-order valence-corrected chi connectivity index (χ3v) is 2.70. The number of nitrogens with zero attached hydrogens (tertiary/aromatic N) is 1. The van der Waals surface area contributed by atoms with Crippen LogP contribution in [0.4, 0.5) is 0 Å². The summed E-state index contributed by atoms with van der Waals surface area (Å²) in [6.07, 6.45) is 3.45. The van der Waals surface area contributed by atoms with Crippen molar-refractivity contribution < 1.29 is 0 Å².